The molecule has 1 aliphatic rings. The molecule has 0 radical (unpaired) electrons. The van der Waals surface area contributed by atoms with Gasteiger partial charge in [0.1, 0.15) is 0 Å². The maximum atomic E-state index is 12.7. The summed E-state index contributed by atoms with van der Waals surface area (Å²) in [5.74, 6) is 0.442. The minimum atomic E-state index is -3.34. The van der Waals surface area contributed by atoms with Crippen LogP contribution in [-0.4, -0.2) is 56.3 Å². The molecule has 1 N–H and O–H groups in total. The number of amides is 1. The zero-order chi connectivity index (χ0) is 21.6. The molecule has 1 amide bonds. The van der Waals surface area contributed by atoms with E-state index >= 15 is 0 Å². The van der Waals surface area contributed by atoms with Crippen LogP contribution < -0.4 is 5.32 Å². The Balaban J connectivity index is 1.46. The number of carbonyl (C=O) groups is 1. The van der Waals surface area contributed by atoms with Gasteiger partial charge in [-0.05, 0) is 35.6 Å². The van der Waals surface area contributed by atoms with E-state index in [0.29, 0.717) is 32.1 Å². The van der Waals surface area contributed by atoms with Gasteiger partial charge in [0, 0.05) is 31.9 Å². The molecule has 0 unspecified atom stereocenters. The number of hydrogen-bond donors (Lipinski definition) is 1. The third kappa shape index (κ3) is 6.14. The van der Waals surface area contributed by atoms with E-state index in [1.165, 1.54) is 9.87 Å². The number of sulfonamides is 1. The highest BCUT2D eigenvalue weighted by atomic mass is 32.2. The van der Waals surface area contributed by atoms with Crippen LogP contribution in [0.3, 0.4) is 0 Å². The van der Waals surface area contributed by atoms with Crippen molar-refractivity contribution in [1.29, 1.82) is 0 Å². The first-order valence-corrected chi connectivity index (χ1v) is 12.1. The lowest BCUT2D eigenvalue weighted by atomic mass is 9.99. The number of benzene rings is 2. The number of nitrogens with zero attached hydrogens (tertiary/aromatic N) is 2. The van der Waals surface area contributed by atoms with Crippen LogP contribution in [0.4, 0.5) is 5.69 Å². The third-order valence-electron chi connectivity index (χ3n) is 5.66. The Morgan fingerprint density at radius 1 is 1.00 bits per heavy atom. The van der Waals surface area contributed by atoms with Gasteiger partial charge in [-0.3, -0.25) is 9.69 Å². The van der Waals surface area contributed by atoms with Gasteiger partial charge in [-0.25, -0.2) is 8.42 Å². The summed E-state index contributed by atoms with van der Waals surface area (Å²) >= 11 is 0. The Morgan fingerprint density at radius 3 is 2.23 bits per heavy atom. The second-order valence-electron chi connectivity index (χ2n) is 7.90. The van der Waals surface area contributed by atoms with Crippen molar-refractivity contribution in [1.82, 2.24) is 9.21 Å². The fourth-order valence-electron chi connectivity index (χ4n) is 3.58. The lowest BCUT2D eigenvalue weighted by Crippen LogP contribution is -2.50. The lowest BCUT2D eigenvalue weighted by Gasteiger charge is -2.33. The van der Waals surface area contributed by atoms with Gasteiger partial charge in [0.05, 0.1) is 12.3 Å². The van der Waals surface area contributed by atoms with Crippen molar-refractivity contribution in [2.45, 2.75) is 31.9 Å². The van der Waals surface area contributed by atoms with Crippen molar-refractivity contribution in [2.24, 2.45) is 0 Å². The average molecular weight is 430 g/mol. The molecule has 0 aromatic heterocycles. The number of hydrogen-bond acceptors (Lipinski definition) is 4. The zero-order valence-corrected chi connectivity index (χ0v) is 18.6. The summed E-state index contributed by atoms with van der Waals surface area (Å²) in [4.78, 5) is 14.4. The van der Waals surface area contributed by atoms with E-state index in [1.807, 2.05) is 47.4 Å². The van der Waals surface area contributed by atoms with E-state index in [9.17, 15) is 13.2 Å². The van der Waals surface area contributed by atoms with Crippen LogP contribution in [0, 0.1) is 0 Å². The largest absolute Gasteiger partial charge is 0.325 e. The van der Waals surface area contributed by atoms with Crippen molar-refractivity contribution < 1.29 is 13.2 Å². The minimum Gasteiger partial charge on any atom is -0.325 e. The Labute approximate surface area is 179 Å². The first-order chi connectivity index (χ1) is 14.4. The smallest absolute Gasteiger partial charge is 0.238 e. The normalized spacial score (nSPS) is 16.9. The third-order valence-corrected chi connectivity index (χ3v) is 7.51. The van der Waals surface area contributed by atoms with Crippen LogP contribution >= 0.6 is 0 Å². The predicted molar refractivity (Wildman–Crippen MR) is 121 cm³/mol. The van der Waals surface area contributed by atoms with Gasteiger partial charge in [-0.15, -0.1) is 0 Å². The summed E-state index contributed by atoms with van der Waals surface area (Å²) in [6, 6.07) is 17.2. The summed E-state index contributed by atoms with van der Waals surface area (Å²) in [5.41, 5.74) is 2.85. The van der Waals surface area contributed by atoms with Gasteiger partial charge < -0.3 is 5.32 Å². The number of carbonyl (C=O) groups excluding carboxylic acids is 1. The van der Waals surface area contributed by atoms with Gasteiger partial charge in [-0.2, -0.15) is 4.31 Å². The van der Waals surface area contributed by atoms with E-state index in [-0.39, 0.29) is 18.2 Å². The van der Waals surface area contributed by atoms with Crippen LogP contribution in [-0.2, 0) is 20.6 Å². The Hall–Kier alpha value is -2.22. The SMILES string of the molecule is CC[C@H](C)c1ccc(NC(=O)CN2CCN(S(=O)(=O)Cc3ccccc3)CC2)cc1. The van der Waals surface area contributed by atoms with Crippen molar-refractivity contribution in [3.63, 3.8) is 0 Å². The monoisotopic (exact) mass is 429 g/mol. The molecule has 1 atom stereocenters. The van der Waals surface area contributed by atoms with Crippen LogP contribution in [0.25, 0.3) is 0 Å². The molecule has 1 aliphatic heterocycles. The standard InChI is InChI=1S/C23H31N3O3S/c1-3-19(2)21-9-11-22(12-10-21)24-23(27)17-25-13-15-26(16-14-25)30(28,29)18-20-7-5-4-6-8-20/h4-12,19H,3,13-18H2,1-2H3,(H,24,27)/t19-/m0/s1. The second-order valence-corrected chi connectivity index (χ2v) is 9.87. The number of anilines is 1. The van der Waals surface area contributed by atoms with Gasteiger partial charge in [-0.1, -0.05) is 56.3 Å². The molecule has 3 rings (SSSR count). The molecule has 2 aromatic rings. The van der Waals surface area contributed by atoms with Gasteiger partial charge in [0.25, 0.3) is 0 Å². The Morgan fingerprint density at radius 2 is 1.63 bits per heavy atom. The molecule has 0 bridgehead atoms. The molecule has 1 fully saturated rings. The molecule has 6 nitrogen and oxygen atoms in total. The van der Waals surface area contributed by atoms with Gasteiger partial charge >= 0.3 is 0 Å². The highest BCUT2D eigenvalue weighted by Crippen LogP contribution is 2.20. The van der Waals surface area contributed by atoms with E-state index in [2.05, 4.69) is 31.3 Å². The number of rotatable bonds is 8. The highest BCUT2D eigenvalue weighted by molar-refractivity contribution is 7.88. The molecular formula is C23H31N3O3S. The van der Waals surface area contributed by atoms with Crippen LogP contribution in [0.5, 0.6) is 0 Å². The predicted octanol–water partition coefficient (Wildman–Crippen LogP) is 3.29. The minimum absolute atomic E-state index is 0.0149. The summed E-state index contributed by atoms with van der Waals surface area (Å²) in [6.07, 6.45) is 1.08. The summed E-state index contributed by atoms with van der Waals surface area (Å²) in [5, 5.41) is 2.94. The van der Waals surface area contributed by atoms with E-state index in [1.54, 1.807) is 0 Å². The number of nitrogens with one attached hydrogen (secondary N) is 1. The quantitative estimate of drug-likeness (QED) is 0.699. The fourth-order valence-corrected chi connectivity index (χ4v) is 5.09. The maximum Gasteiger partial charge on any atom is 0.238 e. The summed E-state index contributed by atoms with van der Waals surface area (Å²) in [7, 11) is -3.34. The van der Waals surface area contributed by atoms with Crippen molar-refractivity contribution in [3.8, 4) is 0 Å². The summed E-state index contributed by atoms with van der Waals surface area (Å²) in [6.45, 7) is 6.53. The van der Waals surface area contributed by atoms with Crippen molar-refractivity contribution in [3.05, 3.63) is 65.7 Å². The van der Waals surface area contributed by atoms with Gasteiger partial charge in [0.15, 0.2) is 0 Å². The van der Waals surface area contributed by atoms with E-state index in [4.69, 9.17) is 0 Å². The highest BCUT2D eigenvalue weighted by Gasteiger charge is 2.27. The van der Waals surface area contributed by atoms with Crippen LogP contribution in [0.2, 0.25) is 0 Å². The van der Waals surface area contributed by atoms with Gasteiger partial charge in [0.2, 0.25) is 15.9 Å². The molecule has 0 spiro atoms. The zero-order valence-electron chi connectivity index (χ0n) is 17.8. The Bertz CT molecular complexity index is 922. The maximum absolute atomic E-state index is 12.7. The van der Waals surface area contributed by atoms with E-state index in [0.717, 1.165) is 17.7 Å². The molecule has 1 heterocycles. The van der Waals surface area contributed by atoms with Crippen molar-refractivity contribution >= 4 is 21.6 Å². The molecule has 1 saturated heterocycles. The molecule has 7 heteroatoms. The van der Waals surface area contributed by atoms with Crippen molar-refractivity contribution in [2.75, 3.05) is 38.0 Å². The van der Waals surface area contributed by atoms with Crippen LogP contribution in [0.15, 0.2) is 54.6 Å². The average Bonchev–Trinajstić information content (AvgIpc) is 2.74. The molecule has 30 heavy (non-hydrogen) atoms. The lowest BCUT2D eigenvalue weighted by molar-refractivity contribution is -0.117. The van der Waals surface area contributed by atoms with E-state index < -0.39 is 10.0 Å². The van der Waals surface area contributed by atoms with Crippen LogP contribution in [0.1, 0.15) is 37.3 Å². The Kier molecular flexibility index (Phi) is 7.64. The molecular weight excluding hydrogens is 398 g/mol. The summed E-state index contributed by atoms with van der Waals surface area (Å²) < 4.78 is 26.8. The fraction of sp³-hybridized carbons (Fsp3) is 0.435. The second kappa shape index (κ2) is 10.2. The first-order valence-electron chi connectivity index (χ1n) is 10.5. The molecule has 2 aromatic carbocycles. The number of piperazine rings is 1. The topological polar surface area (TPSA) is 69.7 Å². The molecule has 0 aliphatic carbocycles. The first kappa shape index (κ1) is 22.5. The molecule has 162 valence electrons. The molecule has 0 saturated carbocycles.